The molecule has 348 valence electrons. The number of anilines is 1. The number of aromatic nitrogens is 1. The summed E-state index contributed by atoms with van der Waals surface area (Å²) in [5.74, 6) is -2.44. The maximum Gasteiger partial charge on any atom is 0.344 e. The van der Waals surface area contributed by atoms with Crippen molar-refractivity contribution >= 4 is 75.3 Å². The lowest BCUT2D eigenvalue weighted by atomic mass is 9.47. The number of fused-ring (bicyclic) bond motifs is 6. The highest BCUT2D eigenvalue weighted by atomic mass is 35.6. The van der Waals surface area contributed by atoms with E-state index in [2.05, 4.69) is 33.8 Å². The molecule has 1 saturated heterocycles. The lowest BCUT2D eigenvalue weighted by Crippen LogP contribution is -2.81. The van der Waals surface area contributed by atoms with Crippen LogP contribution < -0.4 is 9.64 Å². The number of aromatic amines is 1. The van der Waals surface area contributed by atoms with Crippen LogP contribution >= 0.6 is 34.8 Å². The van der Waals surface area contributed by atoms with Gasteiger partial charge >= 0.3 is 23.9 Å². The molecule has 1 aliphatic carbocycles. The highest BCUT2D eigenvalue weighted by molar-refractivity contribution is 6.67. The fraction of sp³-hybridized carbons (Fsp3) is 0.542. The predicted molar refractivity (Wildman–Crippen MR) is 245 cm³/mol. The Labute approximate surface area is 393 Å². The third-order valence-corrected chi connectivity index (χ3v) is 15.8. The number of carbonyl (C=O) groups excluding carboxylic acids is 4. The van der Waals surface area contributed by atoms with E-state index in [-0.39, 0.29) is 23.9 Å². The molecule has 17 heteroatoms. The van der Waals surface area contributed by atoms with Gasteiger partial charge in [-0.2, -0.15) is 0 Å². The molecule has 1 saturated carbocycles. The van der Waals surface area contributed by atoms with Gasteiger partial charge < -0.3 is 38.7 Å². The van der Waals surface area contributed by atoms with Crippen molar-refractivity contribution in [1.82, 2.24) is 14.8 Å². The van der Waals surface area contributed by atoms with Crippen molar-refractivity contribution < 1.29 is 48.0 Å². The van der Waals surface area contributed by atoms with Crippen LogP contribution in [0.2, 0.25) is 0 Å². The van der Waals surface area contributed by atoms with E-state index < -0.39 is 68.3 Å². The maximum atomic E-state index is 15.4. The molecule has 2 N–H and O–H groups in total. The summed E-state index contributed by atoms with van der Waals surface area (Å²) in [4.78, 5) is 66.7. The summed E-state index contributed by atoms with van der Waals surface area (Å²) in [6.45, 7) is 8.00. The fourth-order valence-corrected chi connectivity index (χ4v) is 13.4. The second kappa shape index (κ2) is 16.2. The first-order chi connectivity index (χ1) is 30.9. The topological polar surface area (TPSA) is 160 Å². The number of carbonyl (C=O) groups is 4. The van der Waals surface area contributed by atoms with Crippen LogP contribution in [0.1, 0.15) is 79.2 Å². The Morgan fingerprint density at radius 3 is 2.40 bits per heavy atom. The van der Waals surface area contributed by atoms with Gasteiger partial charge in [-0.15, -0.1) is 0 Å². The van der Waals surface area contributed by atoms with Crippen LogP contribution in [0, 0.1) is 11.3 Å². The third-order valence-electron chi connectivity index (χ3n) is 15.5. The molecule has 2 bridgehead atoms. The largest absolute Gasteiger partial charge is 0.496 e. The normalized spacial score (nSPS) is 32.3. The molecule has 3 aromatic rings. The van der Waals surface area contributed by atoms with Gasteiger partial charge in [0.05, 0.1) is 32.9 Å². The zero-order valence-electron chi connectivity index (χ0n) is 37.6. The number of ether oxygens (including phenoxy) is 5. The number of aliphatic hydroxyl groups is 1. The molecule has 5 aliphatic heterocycles. The monoisotopic (exact) mass is 952 g/mol. The summed E-state index contributed by atoms with van der Waals surface area (Å²) in [5.41, 5.74) is -0.265. The van der Waals surface area contributed by atoms with Crippen LogP contribution in [-0.4, -0.2) is 133 Å². The van der Waals surface area contributed by atoms with Gasteiger partial charge in [-0.25, -0.2) is 9.59 Å². The second-order valence-corrected chi connectivity index (χ2v) is 21.1. The number of methoxy groups -OCH3 is 3. The van der Waals surface area contributed by atoms with Crippen LogP contribution in [0.15, 0.2) is 54.1 Å². The molecular formula is C48H55Cl3N4O10. The number of hydrogen-bond donors (Lipinski definition) is 2. The predicted octanol–water partition coefficient (Wildman–Crippen LogP) is 6.28. The van der Waals surface area contributed by atoms with Gasteiger partial charge in [0.2, 0.25) is 9.39 Å². The number of H-pyrrole nitrogens is 1. The zero-order chi connectivity index (χ0) is 46.6. The minimum Gasteiger partial charge on any atom is -0.496 e. The number of hydrogen-bond acceptors (Lipinski definition) is 13. The van der Waals surface area contributed by atoms with E-state index in [1.807, 2.05) is 37.1 Å². The van der Waals surface area contributed by atoms with Crippen molar-refractivity contribution in [3.8, 4) is 5.75 Å². The van der Waals surface area contributed by atoms with Crippen molar-refractivity contribution in [2.24, 2.45) is 11.3 Å². The lowest BCUT2D eigenvalue weighted by molar-refractivity contribution is -0.228. The number of nitrogens with one attached hydrogen (secondary N) is 1. The van der Waals surface area contributed by atoms with Crippen LogP contribution in [0.5, 0.6) is 5.75 Å². The zero-order valence-corrected chi connectivity index (χ0v) is 39.9. The van der Waals surface area contributed by atoms with E-state index in [1.54, 1.807) is 25.3 Å². The number of nitrogens with zero attached hydrogens (tertiary/aromatic N) is 3. The SMILES string of the molecule is CCC1=C[C@H]2CN(C1)Cc1c([nH]c3ccc(C(=O)OCC(Cl)(Cl)Cl)cc13)[C@@](C(=O)OC)(c1cc3c(cc1OC)N(C)[C@H]1[C@@](O)(C(=O)OC)[C@H](OC(C)=O)[C@]4(CC)C=CCN5CC[C@]31[C@@H]54)C2. The summed E-state index contributed by atoms with van der Waals surface area (Å²) >= 11 is 17.8. The van der Waals surface area contributed by atoms with Crippen LogP contribution in [-0.2, 0) is 50.7 Å². The number of benzene rings is 2. The molecule has 1 aromatic heterocycles. The molecule has 1 unspecified atom stereocenters. The lowest BCUT2D eigenvalue weighted by Gasteiger charge is -2.63. The van der Waals surface area contributed by atoms with Gasteiger partial charge in [-0.3, -0.25) is 19.4 Å². The van der Waals surface area contributed by atoms with E-state index in [0.29, 0.717) is 72.6 Å². The minimum atomic E-state index is -2.35. The van der Waals surface area contributed by atoms with Gasteiger partial charge in [-0.1, -0.05) is 72.5 Å². The van der Waals surface area contributed by atoms with Crippen molar-refractivity contribution in [2.75, 3.05) is 66.1 Å². The number of esters is 4. The molecule has 6 aliphatic rings. The Morgan fingerprint density at radius 2 is 1.74 bits per heavy atom. The number of alkyl halides is 3. The Balaban J connectivity index is 1.33. The molecular weight excluding hydrogens is 899 g/mol. The summed E-state index contributed by atoms with van der Waals surface area (Å²) in [6, 6.07) is 7.78. The highest BCUT2D eigenvalue weighted by Crippen LogP contribution is 2.68. The Hall–Kier alpha value is -4.31. The quantitative estimate of drug-likeness (QED) is 0.107. The first-order valence-electron chi connectivity index (χ1n) is 22.1. The van der Waals surface area contributed by atoms with Crippen molar-refractivity contribution in [1.29, 1.82) is 0 Å². The van der Waals surface area contributed by atoms with Gasteiger partial charge in [0, 0.05) is 90.9 Å². The van der Waals surface area contributed by atoms with Crippen molar-refractivity contribution in [3.05, 3.63) is 82.1 Å². The molecule has 0 radical (unpaired) electrons. The molecule has 2 fully saturated rings. The van der Waals surface area contributed by atoms with Crippen LogP contribution in [0.4, 0.5) is 5.69 Å². The molecule has 9 rings (SSSR count). The summed E-state index contributed by atoms with van der Waals surface area (Å²) in [5, 5.41) is 14.1. The fourth-order valence-electron chi connectivity index (χ4n) is 13.3. The smallest absolute Gasteiger partial charge is 0.344 e. The average molecular weight is 954 g/mol. The molecule has 14 nitrogen and oxygen atoms in total. The molecule has 0 amide bonds. The summed E-state index contributed by atoms with van der Waals surface area (Å²) in [7, 11) is 6.02. The second-order valence-electron chi connectivity index (χ2n) is 18.6. The molecule has 9 atom stereocenters. The van der Waals surface area contributed by atoms with E-state index in [1.165, 1.54) is 26.7 Å². The molecule has 1 spiro atoms. The maximum absolute atomic E-state index is 15.4. The minimum absolute atomic E-state index is 0.0989. The first-order valence-corrected chi connectivity index (χ1v) is 23.3. The van der Waals surface area contributed by atoms with Crippen molar-refractivity contribution in [2.45, 2.75) is 91.4 Å². The van der Waals surface area contributed by atoms with E-state index in [0.717, 1.165) is 24.1 Å². The van der Waals surface area contributed by atoms with Gasteiger partial charge in [-0.05, 0) is 73.5 Å². The summed E-state index contributed by atoms with van der Waals surface area (Å²) in [6.07, 6.45) is 7.10. The van der Waals surface area contributed by atoms with Gasteiger partial charge in [0.25, 0.3) is 0 Å². The first kappa shape index (κ1) is 45.8. The van der Waals surface area contributed by atoms with E-state index in [4.69, 9.17) is 58.5 Å². The van der Waals surface area contributed by atoms with Gasteiger partial charge in [0.15, 0.2) is 6.10 Å². The summed E-state index contributed by atoms with van der Waals surface area (Å²) < 4.78 is 27.5. The van der Waals surface area contributed by atoms with Crippen LogP contribution in [0.25, 0.3) is 10.9 Å². The van der Waals surface area contributed by atoms with E-state index in [9.17, 15) is 19.5 Å². The standard InChI is InChI=1S/C48H55Cl3N4O10/c1-8-27-17-28-21-46(42(58)62-6,37-31(24-54(22-27)23-28)30-18-29(11-12-34(30)52-37)38(57)64-25-47(49,50)51)33-19-32-35(20-36(33)61-5)53(4)40-45(32)14-16-55-15-10-13-44(9-2,39(45)55)41(65-26(3)56)48(40,60)43(59)63-7/h10-13,17-20,28,39-41,52,60H,8-9,14-16,21-25H2,1-7H3/t28-,39+,40-,41-,44-,45-,46+,48+/m1/s1. The Morgan fingerprint density at radius 1 is 0.985 bits per heavy atom. The number of rotatable bonds is 9. The third kappa shape index (κ3) is 6.58. The number of likely N-dealkylation sites (N-methyl/N-ethyl adjacent to an activating group) is 1. The van der Waals surface area contributed by atoms with Gasteiger partial charge in [0.1, 0.15) is 17.8 Å². The molecule has 6 heterocycles. The molecule has 65 heavy (non-hydrogen) atoms. The molecule has 2 aromatic carbocycles. The Kier molecular flexibility index (Phi) is 11.4. The van der Waals surface area contributed by atoms with Crippen LogP contribution in [0.3, 0.4) is 0 Å². The highest BCUT2D eigenvalue weighted by Gasteiger charge is 2.80. The van der Waals surface area contributed by atoms with E-state index >= 15 is 4.79 Å². The number of halogens is 3. The average Bonchev–Trinajstić information content (AvgIpc) is 3.93. The van der Waals surface area contributed by atoms with Crippen molar-refractivity contribution in [3.63, 3.8) is 0 Å². The Bertz CT molecular complexity index is 2560.